The van der Waals surface area contributed by atoms with E-state index < -0.39 is 23.8 Å². The number of carboxylic acids is 1. The molecule has 6 nitrogen and oxygen atoms in total. The molecule has 1 saturated heterocycles. The van der Waals surface area contributed by atoms with Gasteiger partial charge in [0.25, 0.3) is 0 Å². The monoisotopic (exact) mass is 214 g/mol. The summed E-state index contributed by atoms with van der Waals surface area (Å²) in [7, 11) is 0. The second-order valence-electron chi connectivity index (χ2n) is 3.61. The van der Waals surface area contributed by atoms with Crippen molar-refractivity contribution in [3.8, 4) is 0 Å². The molecule has 3 N–H and O–H groups in total. The van der Waals surface area contributed by atoms with Gasteiger partial charge in [-0.25, -0.2) is 4.79 Å². The molecule has 1 heterocycles. The summed E-state index contributed by atoms with van der Waals surface area (Å²) >= 11 is 0. The molecule has 1 unspecified atom stereocenters. The Bertz CT molecular complexity index is 302. The number of carboxylic acid groups (broad SMARTS) is 1. The number of rotatable bonds is 4. The van der Waals surface area contributed by atoms with Crippen molar-refractivity contribution in [3.05, 3.63) is 0 Å². The summed E-state index contributed by atoms with van der Waals surface area (Å²) in [6.45, 7) is 1.81. The number of carbonyl (C=O) groups excluding carboxylic acids is 2. The summed E-state index contributed by atoms with van der Waals surface area (Å²) in [6.07, 6.45) is 0.353. The van der Waals surface area contributed by atoms with Crippen LogP contribution in [0.1, 0.15) is 19.8 Å². The Morgan fingerprint density at radius 3 is 2.60 bits per heavy atom. The molecular weight excluding hydrogens is 200 g/mol. The molecule has 0 radical (unpaired) electrons. The van der Waals surface area contributed by atoms with Gasteiger partial charge in [-0.2, -0.15) is 0 Å². The third-order valence-corrected chi connectivity index (χ3v) is 2.61. The predicted octanol–water partition coefficient (Wildman–Crippen LogP) is -0.817. The normalized spacial score (nSPS) is 22.9. The number of nitrogens with zero attached hydrogens (tertiary/aromatic N) is 1. The van der Waals surface area contributed by atoms with Gasteiger partial charge in [0, 0.05) is 13.0 Å². The maximum atomic E-state index is 11.4. The zero-order chi connectivity index (χ0) is 11.6. The van der Waals surface area contributed by atoms with Crippen LogP contribution in [0.5, 0.6) is 0 Å². The van der Waals surface area contributed by atoms with Gasteiger partial charge in [-0.3, -0.25) is 9.59 Å². The summed E-state index contributed by atoms with van der Waals surface area (Å²) in [5, 5.41) is 8.87. The van der Waals surface area contributed by atoms with E-state index in [1.807, 2.05) is 0 Å². The van der Waals surface area contributed by atoms with Crippen molar-refractivity contribution in [2.24, 2.45) is 11.7 Å². The molecule has 0 bridgehead atoms. The summed E-state index contributed by atoms with van der Waals surface area (Å²) in [4.78, 5) is 34.4. The van der Waals surface area contributed by atoms with Crippen LogP contribution in [-0.2, 0) is 14.4 Å². The van der Waals surface area contributed by atoms with E-state index in [1.54, 1.807) is 6.92 Å². The molecular formula is C9H14N2O4. The molecule has 0 aromatic carbocycles. The molecule has 0 spiro atoms. The van der Waals surface area contributed by atoms with Crippen molar-refractivity contribution in [2.75, 3.05) is 6.54 Å². The lowest BCUT2D eigenvalue weighted by molar-refractivity contribution is -0.148. The van der Waals surface area contributed by atoms with Crippen LogP contribution in [0.3, 0.4) is 0 Å². The van der Waals surface area contributed by atoms with Gasteiger partial charge in [0.1, 0.15) is 6.04 Å². The van der Waals surface area contributed by atoms with Crippen molar-refractivity contribution in [3.63, 3.8) is 0 Å². The molecule has 1 fully saturated rings. The highest BCUT2D eigenvalue weighted by Crippen LogP contribution is 2.21. The minimum Gasteiger partial charge on any atom is -0.480 e. The fraction of sp³-hybridized carbons (Fsp3) is 0.667. The van der Waals surface area contributed by atoms with Crippen LogP contribution in [0.25, 0.3) is 0 Å². The molecule has 0 aromatic heterocycles. The Balaban J connectivity index is 2.75. The molecule has 1 aliphatic rings. The third-order valence-electron chi connectivity index (χ3n) is 2.61. The van der Waals surface area contributed by atoms with Crippen molar-refractivity contribution in [2.45, 2.75) is 25.8 Å². The number of likely N-dealkylation sites (tertiary alicyclic amines) is 1. The maximum absolute atomic E-state index is 11.4. The standard InChI is InChI=1S/C9H14N2O4/c1-2-6(9(14)15)11-4-5(8(10)13)3-7(11)12/h5-6H,2-4H2,1H3,(H2,10,13)(H,14,15)/t5?,6-/m0/s1. The van der Waals surface area contributed by atoms with Crippen molar-refractivity contribution >= 4 is 17.8 Å². The number of hydrogen-bond donors (Lipinski definition) is 2. The number of hydrogen-bond acceptors (Lipinski definition) is 3. The topological polar surface area (TPSA) is 101 Å². The number of nitrogens with two attached hydrogens (primary N) is 1. The van der Waals surface area contributed by atoms with E-state index in [0.29, 0.717) is 6.42 Å². The fourth-order valence-corrected chi connectivity index (χ4v) is 1.75. The van der Waals surface area contributed by atoms with Crippen LogP contribution < -0.4 is 5.73 Å². The van der Waals surface area contributed by atoms with Crippen molar-refractivity contribution in [1.29, 1.82) is 0 Å². The minimum atomic E-state index is -1.05. The zero-order valence-corrected chi connectivity index (χ0v) is 8.47. The smallest absolute Gasteiger partial charge is 0.326 e. The van der Waals surface area contributed by atoms with Gasteiger partial charge in [0.05, 0.1) is 5.92 Å². The Morgan fingerprint density at radius 1 is 1.67 bits per heavy atom. The lowest BCUT2D eigenvalue weighted by Gasteiger charge is -2.23. The minimum absolute atomic E-state index is 0.0269. The number of primary amides is 1. The van der Waals surface area contributed by atoms with E-state index in [9.17, 15) is 14.4 Å². The molecule has 1 aliphatic heterocycles. The molecule has 0 aliphatic carbocycles. The number of amides is 2. The molecule has 2 atom stereocenters. The second-order valence-corrected chi connectivity index (χ2v) is 3.61. The van der Waals surface area contributed by atoms with Gasteiger partial charge in [0.2, 0.25) is 11.8 Å². The molecule has 6 heteroatoms. The summed E-state index contributed by atoms with van der Waals surface area (Å²) in [5.74, 6) is -2.46. The third kappa shape index (κ3) is 2.26. The van der Waals surface area contributed by atoms with E-state index >= 15 is 0 Å². The summed E-state index contributed by atoms with van der Waals surface area (Å²) in [5.41, 5.74) is 5.07. The molecule has 1 rings (SSSR count). The van der Waals surface area contributed by atoms with E-state index in [-0.39, 0.29) is 18.9 Å². The maximum Gasteiger partial charge on any atom is 0.326 e. The van der Waals surface area contributed by atoms with Crippen molar-refractivity contribution in [1.82, 2.24) is 4.90 Å². The van der Waals surface area contributed by atoms with Crippen LogP contribution >= 0.6 is 0 Å². The van der Waals surface area contributed by atoms with Crippen LogP contribution in [0, 0.1) is 5.92 Å². The molecule has 84 valence electrons. The Kier molecular flexibility index (Phi) is 3.28. The van der Waals surface area contributed by atoms with Gasteiger partial charge in [0.15, 0.2) is 0 Å². The SMILES string of the molecule is CC[C@@H](C(=O)O)N1CC(C(N)=O)CC1=O. The lowest BCUT2D eigenvalue weighted by Crippen LogP contribution is -2.42. The van der Waals surface area contributed by atoms with Gasteiger partial charge in [-0.15, -0.1) is 0 Å². The zero-order valence-electron chi connectivity index (χ0n) is 8.47. The quantitative estimate of drug-likeness (QED) is 0.638. The number of aliphatic carboxylic acids is 1. The lowest BCUT2D eigenvalue weighted by atomic mass is 10.1. The first-order valence-electron chi connectivity index (χ1n) is 4.79. The van der Waals surface area contributed by atoms with Crippen molar-refractivity contribution < 1.29 is 19.5 Å². The van der Waals surface area contributed by atoms with Crippen LogP contribution in [0.4, 0.5) is 0 Å². The van der Waals surface area contributed by atoms with Gasteiger partial charge < -0.3 is 15.7 Å². The average molecular weight is 214 g/mol. The predicted molar refractivity (Wildman–Crippen MR) is 50.7 cm³/mol. The summed E-state index contributed by atoms with van der Waals surface area (Å²) < 4.78 is 0. The Hall–Kier alpha value is -1.59. The molecule has 0 aromatic rings. The van der Waals surface area contributed by atoms with E-state index in [2.05, 4.69) is 0 Å². The highest BCUT2D eigenvalue weighted by Gasteiger charge is 2.38. The fourth-order valence-electron chi connectivity index (χ4n) is 1.75. The molecule has 15 heavy (non-hydrogen) atoms. The number of carbonyl (C=O) groups is 3. The highest BCUT2D eigenvalue weighted by molar-refractivity contribution is 5.91. The van der Waals surface area contributed by atoms with Gasteiger partial charge >= 0.3 is 5.97 Å². The highest BCUT2D eigenvalue weighted by atomic mass is 16.4. The first-order valence-corrected chi connectivity index (χ1v) is 4.79. The summed E-state index contributed by atoms with van der Waals surface area (Å²) in [6, 6.07) is -0.846. The first-order chi connectivity index (χ1) is 6.97. The van der Waals surface area contributed by atoms with E-state index in [0.717, 1.165) is 0 Å². The van der Waals surface area contributed by atoms with Crippen LogP contribution in [-0.4, -0.2) is 40.4 Å². The van der Waals surface area contributed by atoms with E-state index in [4.69, 9.17) is 10.8 Å². The van der Waals surface area contributed by atoms with Gasteiger partial charge in [-0.1, -0.05) is 6.92 Å². The second kappa shape index (κ2) is 4.29. The van der Waals surface area contributed by atoms with E-state index in [1.165, 1.54) is 4.90 Å². The largest absolute Gasteiger partial charge is 0.480 e. The average Bonchev–Trinajstić information content (AvgIpc) is 2.49. The molecule has 2 amide bonds. The Labute approximate surface area is 87.0 Å². The van der Waals surface area contributed by atoms with Crippen LogP contribution in [0.2, 0.25) is 0 Å². The Morgan fingerprint density at radius 2 is 2.27 bits per heavy atom. The van der Waals surface area contributed by atoms with Gasteiger partial charge in [-0.05, 0) is 6.42 Å². The molecule has 0 saturated carbocycles. The van der Waals surface area contributed by atoms with Crippen LogP contribution in [0.15, 0.2) is 0 Å². The first kappa shape index (κ1) is 11.5.